The highest BCUT2D eigenvalue weighted by Gasteiger charge is 2.31. The first-order valence-electron chi connectivity index (χ1n) is 5.29. The van der Waals surface area contributed by atoms with E-state index in [4.69, 9.17) is 0 Å². The van der Waals surface area contributed by atoms with E-state index < -0.39 is 0 Å². The Hall–Kier alpha value is -1.58. The smallest absolute Gasteiger partial charge is 0.271 e. The summed E-state index contributed by atoms with van der Waals surface area (Å²) >= 11 is 0. The molecule has 1 fully saturated rings. The molecule has 0 radical (unpaired) electrons. The molecule has 0 unspecified atom stereocenters. The summed E-state index contributed by atoms with van der Waals surface area (Å²) in [6.07, 6.45) is 2.40. The molecular formula is C11H12N2O2. The summed E-state index contributed by atoms with van der Waals surface area (Å²) in [5, 5.41) is 10.7. The quantitative estimate of drug-likeness (QED) is 0.520. The molecule has 0 spiro atoms. The minimum atomic E-state index is -0.316. The molecule has 1 aromatic carbocycles. The van der Waals surface area contributed by atoms with Gasteiger partial charge in [0.05, 0.1) is 4.92 Å². The third kappa shape index (κ3) is 1.21. The Bertz CT molecular complexity index is 423. The van der Waals surface area contributed by atoms with Gasteiger partial charge in [-0.1, -0.05) is 0 Å². The van der Waals surface area contributed by atoms with Crippen LogP contribution in [-0.4, -0.2) is 18.0 Å². The van der Waals surface area contributed by atoms with Crippen molar-refractivity contribution in [3.63, 3.8) is 0 Å². The van der Waals surface area contributed by atoms with Gasteiger partial charge in [0.2, 0.25) is 0 Å². The van der Waals surface area contributed by atoms with Gasteiger partial charge in [-0.05, 0) is 30.4 Å². The van der Waals surface area contributed by atoms with Crippen molar-refractivity contribution in [1.29, 1.82) is 0 Å². The summed E-state index contributed by atoms with van der Waals surface area (Å²) in [7, 11) is 0. The molecule has 0 atom stereocenters. The molecule has 4 heteroatoms. The Kier molecular flexibility index (Phi) is 1.71. The zero-order chi connectivity index (χ0) is 10.4. The first-order chi connectivity index (χ1) is 7.25. The van der Waals surface area contributed by atoms with E-state index in [1.807, 2.05) is 6.07 Å². The van der Waals surface area contributed by atoms with Gasteiger partial charge in [-0.15, -0.1) is 0 Å². The monoisotopic (exact) mass is 204 g/mol. The highest BCUT2D eigenvalue weighted by Crippen LogP contribution is 2.43. The molecule has 3 heterocycles. The van der Waals surface area contributed by atoms with Crippen molar-refractivity contribution < 1.29 is 4.92 Å². The number of rotatable bonds is 1. The third-order valence-electron chi connectivity index (χ3n) is 3.50. The van der Waals surface area contributed by atoms with Gasteiger partial charge in [0.25, 0.3) is 5.69 Å². The zero-order valence-corrected chi connectivity index (χ0v) is 8.35. The predicted octanol–water partition coefficient (Wildman–Crippen LogP) is 2.29. The topological polar surface area (TPSA) is 46.4 Å². The molecule has 78 valence electrons. The number of nitro benzene ring substituents is 1. The number of hydrogen-bond donors (Lipinski definition) is 0. The fraction of sp³-hybridized carbons (Fsp3) is 0.455. The third-order valence-corrected chi connectivity index (χ3v) is 3.50. The lowest BCUT2D eigenvalue weighted by molar-refractivity contribution is -0.384. The van der Waals surface area contributed by atoms with Crippen LogP contribution in [0.2, 0.25) is 0 Å². The number of fused-ring (bicyclic) bond motifs is 2. The molecule has 1 aromatic rings. The van der Waals surface area contributed by atoms with Crippen LogP contribution in [0.1, 0.15) is 24.3 Å². The maximum absolute atomic E-state index is 10.7. The number of hydrogen-bond acceptors (Lipinski definition) is 3. The van der Waals surface area contributed by atoms with Gasteiger partial charge in [-0.2, -0.15) is 0 Å². The van der Waals surface area contributed by atoms with Crippen LogP contribution >= 0.6 is 0 Å². The van der Waals surface area contributed by atoms with Crippen molar-refractivity contribution >= 4 is 11.4 Å². The summed E-state index contributed by atoms with van der Waals surface area (Å²) in [6, 6.07) is 5.28. The molecule has 0 saturated carbocycles. The van der Waals surface area contributed by atoms with E-state index in [-0.39, 0.29) is 10.6 Å². The fourth-order valence-corrected chi connectivity index (χ4v) is 2.70. The fourth-order valence-electron chi connectivity index (χ4n) is 2.70. The van der Waals surface area contributed by atoms with Crippen LogP contribution in [0.25, 0.3) is 0 Å². The second-order valence-electron chi connectivity index (χ2n) is 4.26. The largest absolute Gasteiger partial charge is 0.371 e. The van der Waals surface area contributed by atoms with Gasteiger partial charge in [-0.3, -0.25) is 10.1 Å². The molecule has 0 aliphatic carbocycles. The Balaban J connectivity index is 2.12. The molecule has 0 N–H and O–H groups in total. The second-order valence-corrected chi connectivity index (χ2v) is 4.26. The van der Waals surface area contributed by atoms with Crippen molar-refractivity contribution in [2.24, 2.45) is 0 Å². The van der Waals surface area contributed by atoms with Gasteiger partial charge in [0, 0.05) is 30.9 Å². The van der Waals surface area contributed by atoms with Crippen LogP contribution in [0, 0.1) is 10.1 Å². The summed E-state index contributed by atoms with van der Waals surface area (Å²) in [5.74, 6) is 0.630. The van der Waals surface area contributed by atoms with Crippen molar-refractivity contribution in [3.05, 3.63) is 33.9 Å². The van der Waals surface area contributed by atoms with Crippen molar-refractivity contribution in [3.8, 4) is 0 Å². The van der Waals surface area contributed by atoms with E-state index in [1.54, 1.807) is 12.1 Å². The lowest BCUT2D eigenvalue weighted by Crippen LogP contribution is -2.38. The number of nitrogens with zero attached hydrogens (tertiary/aromatic N) is 2. The molecule has 4 rings (SSSR count). The zero-order valence-electron chi connectivity index (χ0n) is 8.35. The summed E-state index contributed by atoms with van der Waals surface area (Å²) in [4.78, 5) is 12.6. The van der Waals surface area contributed by atoms with Crippen molar-refractivity contribution in [2.45, 2.75) is 18.8 Å². The van der Waals surface area contributed by atoms with Gasteiger partial charge < -0.3 is 4.90 Å². The lowest BCUT2D eigenvalue weighted by Gasteiger charge is -2.41. The van der Waals surface area contributed by atoms with E-state index in [2.05, 4.69) is 4.90 Å². The summed E-state index contributed by atoms with van der Waals surface area (Å²) in [6.45, 7) is 2.11. The van der Waals surface area contributed by atoms with Gasteiger partial charge in [0.15, 0.2) is 0 Å². The average Bonchev–Trinajstić information content (AvgIpc) is 2.30. The van der Waals surface area contributed by atoms with Crippen LogP contribution in [0.15, 0.2) is 18.2 Å². The van der Waals surface area contributed by atoms with Crippen LogP contribution in [0.4, 0.5) is 11.4 Å². The summed E-state index contributed by atoms with van der Waals surface area (Å²) < 4.78 is 0. The number of piperidine rings is 1. The molecule has 4 nitrogen and oxygen atoms in total. The molecule has 3 aliphatic heterocycles. The van der Waals surface area contributed by atoms with Crippen LogP contribution in [-0.2, 0) is 0 Å². The number of benzene rings is 1. The normalized spacial score (nSPS) is 19.1. The van der Waals surface area contributed by atoms with E-state index in [0.29, 0.717) is 5.92 Å². The minimum Gasteiger partial charge on any atom is -0.371 e. The van der Waals surface area contributed by atoms with E-state index in [0.717, 1.165) is 18.8 Å². The van der Waals surface area contributed by atoms with E-state index in [1.165, 1.54) is 18.4 Å². The van der Waals surface area contributed by atoms with Crippen LogP contribution in [0.5, 0.6) is 0 Å². The van der Waals surface area contributed by atoms with E-state index >= 15 is 0 Å². The molecule has 3 aliphatic rings. The molecule has 0 aromatic heterocycles. The highest BCUT2D eigenvalue weighted by molar-refractivity contribution is 5.63. The summed E-state index contributed by atoms with van der Waals surface area (Å²) in [5.41, 5.74) is 2.60. The Morgan fingerprint density at radius 2 is 2.07 bits per heavy atom. The maximum Gasteiger partial charge on any atom is 0.271 e. The molecule has 0 amide bonds. The number of anilines is 1. The first kappa shape index (κ1) is 8.71. The Morgan fingerprint density at radius 1 is 1.33 bits per heavy atom. The highest BCUT2D eigenvalue weighted by atomic mass is 16.6. The van der Waals surface area contributed by atoms with Gasteiger partial charge in [-0.25, -0.2) is 0 Å². The molecule has 2 bridgehead atoms. The SMILES string of the molecule is O=[N+]([O-])c1ccc2c(c1)N1CCC2CC1. The first-order valence-corrected chi connectivity index (χ1v) is 5.29. The Labute approximate surface area is 87.7 Å². The van der Waals surface area contributed by atoms with Gasteiger partial charge >= 0.3 is 0 Å². The average molecular weight is 204 g/mol. The molecule has 1 saturated heterocycles. The van der Waals surface area contributed by atoms with E-state index in [9.17, 15) is 10.1 Å². The van der Waals surface area contributed by atoms with Crippen molar-refractivity contribution in [1.82, 2.24) is 0 Å². The molecular weight excluding hydrogens is 192 g/mol. The number of non-ortho nitro benzene ring substituents is 1. The number of nitro groups is 1. The minimum absolute atomic E-state index is 0.210. The van der Waals surface area contributed by atoms with Crippen LogP contribution < -0.4 is 4.90 Å². The standard InChI is InChI=1S/C11H12N2O2/c14-13(15)9-1-2-10-8-3-5-12(6-4-8)11(10)7-9/h1-2,7-8H,3-6H2. The maximum atomic E-state index is 10.7. The van der Waals surface area contributed by atoms with Gasteiger partial charge in [0.1, 0.15) is 0 Å². The predicted molar refractivity (Wildman–Crippen MR) is 57.3 cm³/mol. The lowest BCUT2D eigenvalue weighted by atomic mass is 9.83. The molecule has 15 heavy (non-hydrogen) atoms. The van der Waals surface area contributed by atoms with Crippen LogP contribution in [0.3, 0.4) is 0 Å². The Morgan fingerprint density at radius 3 is 2.73 bits per heavy atom. The second kappa shape index (κ2) is 2.95. The van der Waals surface area contributed by atoms with Crippen molar-refractivity contribution in [2.75, 3.05) is 18.0 Å².